The van der Waals surface area contributed by atoms with Gasteiger partial charge in [0.05, 0.1) is 17.4 Å². The maximum atomic E-state index is 14.6. The second-order valence-electron chi connectivity index (χ2n) is 11.9. The number of rotatable bonds is 9. The number of benzene rings is 2. The number of carbonyl (C=O) groups is 3. The summed E-state index contributed by atoms with van der Waals surface area (Å²) in [4.78, 5) is 48.8. The SMILES string of the molecule is CC[C@]12C=CCN(Cc3ccccc3)C(=O)[C@H]1[C@H]1C(=O)N(CCCCCO)C3C(=O)N(c4ccc(Cl)cc4)CC=C[C@@]31O2. The highest BCUT2D eigenvalue weighted by atomic mass is 35.5. The van der Waals surface area contributed by atoms with Crippen molar-refractivity contribution in [3.05, 3.63) is 89.5 Å². The third-order valence-corrected chi connectivity index (χ3v) is 9.69. The predicted octanol–water partition coefficient (Wildman–Crippen LogP) is 4.37. The van der Waals surface area contributed by atoms with Crippen LogP contribution in [0.2, 0.25) is 5.02 Å². The van der Waals surface area contributed by atoms with Gasteiger partial charge in [-0.15, -0.1) is 0 Å². The van der Waals surface area contributed by atoms with Gasteiger partial charge in [0.2, 0.25) is 11.8 Å². The maximum absolute atomic E-state index is 14.6. The summed E-state index contributed by atoms with van der Waals surface area (Å²) in [7, 11) is 0. The van der Waals surface area contributed by atoms with E-state index in [0.29, 0.717) is 62.6 Å². The normalized spacial score (nSPS) is 29.9. The van der Waals surface area contributed by atoms with E-state index < -0.39 is 29.1 Å². The van der Waals surface area contributed by atoms with E-state index in [1.54, 1.807) is 39.0 Å². The Balaban J connectivity index is 1.42. The number of likely N-dealkylation sites (tertiary alicyclic amines) is 1. The molecule has 2 aromatic carbocycles. The highest BCUT2D eigenvalue weighted by molar-refractivity contribution is 6.30. The first-order valence-electron chi connectivity index (χ1n) is 15.2. The van der Waals surface area contributed by atoms with E-state index in [-0.39, 0.29) is 24.3 Å². The topological polar surface area (TPSA) is 90.4 Å². The summed E-state index contributed by atoms with van der Waals surface area (Å²) in [5.41, 5.74) is -0.645. The van der Waals surface area contributed by atoms with E-state index in [0.717, 1.165) is 5.56 Å². The van der Waals surface area contributed by atoms with Crippen LogP contribution in [0, 0.1) is 11.8 Å². The van der Waals surface area contributed by atoms with Crippen molar-refractivity contribution in [2.24, 2.45) is 11.8 Å². The van der Waals surface area contributed by atoms with Gasteiger partial charge in [0.25, 0.3) is 5.91 Å². The summed E-state index contributed by atoms with van der Waals surface area (Å²) in [5.74, 6) is -2.24. The zero-order chi connectivity index (χ0) is 30.2. The van der Waals surface area contributed by atoms with E-state index in [4.69, 9.17) is 16.3 Å². The molecule has 6 rings (SSSR count). The lowest BCUT2D eigenvalue weighted by Gasteiger charge is -2.38. The third kappa shape index (κ3) is 4.99. The van der Waals surface area contributed by atoms with E-state index in [2.05, 4.69) is 0 Å². The Kier molecular flexibility index (Phi) is 8.20. The summed E-state index contributed by atoms with van der Waals surface area (Å²) in [6.07, 6.45) is 10.1. The van der Waals surface area contributed by atoms with Crippen LogP contribution in [0.5, 0.6) is 0 Å². The molecular formula is C34H38ClN3O5. The van der Waals surface area contributed by atoms with Gasteiger partial charge < -0.3 is 24.5 Å². The molecule has 3 amide bonds. The monoisotopic (exact) mass is 603 g/mol. The Labute approximate surface area is 257 Å². The third-order valence-electron chi connectivity index (χ3n) is 9.43. The molecule has 8 nitrogen and oxygen atoms in total. The van der Waals surface area contributed by atoms with Crippen LogP contribution < -0.4 is 4.90 Å². The number of fused-ring (bicyclic) bond motifs is 2. The predicted molar refractivity (Wildman–Crippen MR) is 164 cm³/mol. The van der Waals surface area contributed by atoms with Crippen LogP contribution in [0.25, 0.3) is 0 Å². The minimum Gasteiger partial charge on any atom is -0.396 e. The summed E-state index contributed by atoms with van der Waals surface area (Å²) < 4.78 is 7.06. The Morgan fingerprint density at radius 2 is 1.63 bits per heavy atom. The average molecular weight is 604 g/mol. The van der Waals surface area contributed by atoms with Crippen LogP contribution in [0.3, 0.4) is 0 Å². The van der Waals surface area contributed by atoms with Crippen LogP contribution in [0.1, 0.15) is 38.2 Å². The maximum Gasteiger partial charge on any atom is 0.253 e. The number of aliphatic hydroxyl groups excluding tert-OH is 1. The number of nitrogens with zero attached hydrogens (tertiary/aromatic N) is 3. The fourth-order valence-corrected chi connectivity index (χ4v) is 7.55. The van der Waals surface area contributed by atoms with Crippen molar-refractivity contribution in [2.75, 3.05) is 31.1 Å². The van der Waals surface area contributed by atoms with Crippen LogP contribution in [0.4, 0.5) is 5.69 Å². The molecule has 0 radical (unpaired) electrons. The van der Waals surface area contributed by atoms with Gasteiger partial charge in [-0.05, 0) is 55.5 Å². The van der Waals surface area contributed by atoms with Gasteiger partial charge in [-0.25, -0.2) is 0 Å². The standard InChI is InChI=1S/C34H38ClN3O5/c1-2-33-17-9-19-36(23-24-11-5-3-6-12-24)30(40)27(33)28-31(41)38(20-7-4-8-22-39)29-32(42)37(21-10-18-34(28,29)43-33)26-15-13-25(35)14-16-26/h3,5-6,9-18,27-29,39H,2,4,7-8,19-23H2,1H3/t27-,28+,29?,33+,34+/m1/s1. The molecule has 4 aliphatic rings. The Hall–Kier alpha value is -3.46. The quantitative estimate of drug-likeness (QED) is 0.340. The summed E-state index contributed by atoms with van der Waals surface area (Å²) in [5, 5.41) is 9.89. The van der Waals surface area contributed by atoms with Gasteiger partial charge in [0.15, 0.2) is 0 Å². The van der Waals surface area contributed by atoms with Crippen LogP contribution in [-0.4, -0.2) is 76.1 Å². The number of aliphatic hydroxyl groups is 1. The molecule has 0 aromatic heterocycles. The Morgan fingerprint density at radius 3 is 2.35 bits per heavy atom. The van der Waals surface area contributed by atoms with Crippen molar-refractivity contribution in [1.29, 1.82) is 0 Å². The second kappa shape index (κ2) is 11.9. The Morgan fingerprint density at radius 1 is 0.884 bits per heavy atom. The average Bonchev–Trinajstić information content (AvgIpc) is 3.30. The van der Waals surface area contributed by atoms with E-state index in [9.17, 15) is 19.5 Å². The van der Waals surface area contributed by atoms with Gasteiger partial charge in [-0.2, -0.15) is 0 Å². The van der Waals surface area contributed by atoms with E-state index in [1.165, 1.54) is 0 Å². The molecule has 0 aliphatic carbocycles. The minimum atomic E-state index is -1.30. The molecule has 2 saturated heterocycles. The molecule has 9 heteroatoms. The Bertz CT molecular complexity index is 1430. The largest absolute Gasteiger partial charge is 0.396 e. The number of hydrogen-bond donors (Lipinski definition) is 1. The zero-order valence-electron chi connectivity index (χ0n) is 24.4. The number of ether oxygens (including phenoxy) is 1. The molecule has 4 heterocycles. The van der Waals surface area contributed by atoms with Crippen LogP contribution in [-0.2, 0) is 25.7 Å². The number of hydrogen-bond acceptors (Lipinski definition) is 5. The van der Waals surface area contributed by atoms with Gasteiger partial charge in [0, 0.05) is 43.5 Å². The van der Waals surface area contributed by atoms with Crippen molar-refractivity contribution in [3.8, 4) is 0 Å². The zero-order valence-corrected chi connectivity index (χ0v) is 25.2. The smallest absolute Gasteiger partial charge is 0.253 e. The second-order valence-corrected chi connectivity index (χ2v) is 12.3. The molecule has 1 unspecified atom stereocenters. The molecule has 2 aromatic rings. The first-order chi connectivity index (χ1) is 20.8. The molecule has 5 atom stereocenters. The van der Waals surface area contributed by atoms with Crippen molar-refractivity contribution >= 4 is 35.0 Å². The van der Waals surface area contributed by atoms with Gasteiger partial charge in [-0.1, -0.05) is 73.2 Å². The molecular weight excluding hydrogens is 566 g/mol. The lowest BCUT2D eigenvalue weighted by atomic mass is 9.73. The summed E-state index contributed by atoms with van der Waals surface area (Å²) in [6, 6.07) is 16.0. The fourth-order valence-electron chi connectivity index (χ4n) is 7.42. The number of amides is 3. The van der Waals surface area contributed by atoms with Crippen molar-refractivity contribution in [3.63, 3.8) is 0 Å². The van der Waals surface area contributed by atoms with E-state index in [1.807, 2.05) is 61.6 Å². The van der Waals surface area contributed by atoms with Crippen molar-refractivity contribution < 1.29 is 24.2 Å². The number of unbranched alkanes of at least 4 members (excludes halogenated alkanes) is 2. The summed E-state index contributed by atoms with van der Waals surface area (Å²) in [6.45, 7) is 3.51. The van der Waals surface area contributed by atoms with Crippen molar-refractivity contribution in [1.82, 2.24) is 9.80 Å². The molecule has 226 valence electrons. The van der Waals surface area contributed by atoms with Gasteiger partial charge >= 0.3 is 0 Å². The molecule has 43 heavy (non-hydrogen) atoms. The molecule has 0 saturated carbocycles. The lowest BCUT2D eigenvalue weighted by Crippen LogP contribution is -2.56. The first-order valence-corrected chi connectivity index (χ1v) is 15.6. The van der Waals surface area contributed by atoms with E-state index >= 15 is 0 Å². The molecule has 1 spiro atoms. The molecule has 0 bridgehead atoms. The lowest BCUT2D eigenvalue weighted by molar-refractivity contribution is -0.150. The molecule has 1 N–H and O–H groups in total. The number of anilines is 1. The highest BCUT2D eigenvalue weighted by Gasteiger charge is 2.75. The molecule has 2 fully saturated rings. The van der Waals surface area contributed by atoms with Crippen molar-refractivity contribution in [2.45, 2.75) is 56.4 Å². The first kappa shape index (κ1) is 29.6. The minimum absolute atomic E-state index is 0.0677. The number of carbonyl (C=O) groups excluding carboxylic acids is 3. The highest BCUT2D eigenvalue weighted by Crippen LogP contribution is 2.58. The molecule has 4 aliphatic heterocycles. The summed E-state index contributed by atoms with van der Waals surface area (Å²) >= 11 is 6.15. The number of halogens is 1. The van der Waals surface area contributed by atoms with Crippen LogP contribution >= 0.6 is 11.6 Å². The van der Waals surface area contributed by atoms with Gasteiger partial charge in [-0.3, -0.25) is 14.4 Å². The van der Waals surface area contributed by atoms with Gasteiger partial charge in [0.1, 0.15) is 11.6 Å². The van der Waals surface area contributed by atoms with Crippen LogP contribution in [0.15, 0.2) is 78.9 Å². The fraction of sp³-hybridized carbons (Fsp3) is 0.441.